The number of ketones is 1. The number of carbonyl (C=O) groups is 3. The minimum absolute atomic E-state index is 0.0115. The van der Waals surface area contributed by atoms with E-state index in [1.165, 1.54) is 24.3 Å². The van der Waals surface area contributed by atoms with Gasteiger partial charge in [-0.15, -0.1) is 11.8 Å². The van der Waals surface area contributed by atoms with Crippen LogP contribution in [0.25, 0.3) is 0 Å². The van der Waals surface area contributed by atoms with E-state index in [1.54, 1.807) is 23.9 Å². The van der Waals surface area contributed by atoms with E-state index < -0.39 is 23.4 Å². The van der Waals surface area contributed by atoms with Crippen molar-refractivity contribution in [2.24, 2.45) is 0 Å². The number of hydrogen-bond donors (Lipinski definition) is 1. The maximum absolute atomic E-state index is 12.1. The summed E-state index contributed by atoms with van der Waals surface area (Å²) in [5, 5.41) is 13.2. The van der Waals surface area contributed by atoms with Gasteiger partial charge in [-0.1, -0.05) is 24.3 Å². The molecule has 2 aromatic rings. The quantitative estimate of drug-likeness (QED) is 0.224. The first-order chi connectivity index (χ1) is 13.4. The van der Waals surface area contributed by atoms with Crippen LogP contribution in [0.1, 0.15) is 23.2 Å². The highest BCUT2D eigenvalue weighted by atomic mass is 32.2. The molecule has 8 nitrogen and oxygen atoms in total. The fraction of sp³-hybridized carbons (Fsp3) is 0.211. The Morgan fingerprint density at radius 1 is 1.07 bits per heavy atom. The normalized spacial score (nSPS) is 10.2. The Kier molecular flexibility index (Phi) is 7.70. The molecule has 0 aliphatic carbocycles. The van der Waals surface area contributed by atoms with Gasteiger partial charge in [-0.05, 0) is 24.5 Å². The van der Waals surface area contributed by atoms with Crippen LogP contribution in [0.3, 0.4) is 0 Å². The third-order valence-corrected chi connectivity index (χ3v) is 4.45. The van der Waals surface area contributed by atoms with Gasteiger partial charge in [0.1, 0.15) is 5.69 Å². The molecule has 2 aromatic carbocycles. The molecule has 0 heterocycles. The number of nitro groups is 1. The fourth-order valence-corrected chi connectivity index (χ4v) is 2.69. The lowest BCUT2D eigenvalue weighted by atomic mass is 10.1. The molecule has 9 heteroatoms. The molecule has 1 amide bonds. The highest BCUT2D eigenvalue weighted by Crippen LogP contribution is 2.23. The highest BCUT2D eigenvalue weighted by molar-refractivity contribution is 7.98. The summed E-state index contributed by atoms with van der Waals surface area (Å²) in [5.74, 6) is -1.61. The summed E-state index contributed by atoms with van der Waals surface area (Å²) in [6, 6.07) is 12.7. The van der Waals surface area contributed by atoms with Gasteiger partial charge in [-0.3, -0.25) is 24.5 Å². The van der Waals surface area contributed by atoms with Gasteiger partial charge in [-0.25, -0.2) is 0 Å². The molecule has 0 aromatic heterocycles. The number of para-hydroxylation sites is 2. The van der Waals surface area contributed by atoms with Crippen LogP contribution in [-0.4, -0.2) is 35.4 Å². The average molecular weight is 402 g/mol. The van der Waals surface area contributed by atoms with Gasteiger partial charge in [-0.2, -0.15) is 0 Å². The second-order valence-corrected chi connectivity index (χ2v) is 6.51. The maximum Gasteiger partial charge on any atom is 0.306 e. The zero-order valence-electron chi connectivity index (χ0n) is 15.0. The van der Waals surface area contributed by atoms with Crippen molar-refractivity contribution in [2.75, 3.05) is 18.2 Å². The van der Waals surface area contributed by atoms with Crippen LogP contribution in [0.2, 0.25) is 0 Å². The van der Waals surface area contributed by atoms with E-state index in [2.05, 4.69) is 5.32 Å². The molecule has 28 heavy (non-hydrogen) atoms. The summed E-state index contributed by atoms with van der Waals surface area (Å²) >= 11 is 1.56. The number of carbonyl (C=O) groups excluding carboxylic acids is 3. The van der Waals surface area contributed by atoms with Crippen molar-refractivity contribution in [3.63, 3.8) is 0 Å². The van der Waals surface area contributed by atoms with Crippen LogP contribution >= 0.6 is 11.8 Å². The number of anilines is 1. The molecule has 146 valence electrons. The lowest BCUT2D eigenvalue weighted by Gasteiger charge is -2.07. The number of thioether (sulfide) groups is 1. The summed E-state index contributed by atoms with van der Waals surface area (Å²) in [5.41, 5.74) is 0.248. The minimum Gasteiger partial charge on any atom is -0.456 e. The monoisotopic (exact) mass is 402 g/mol. The van der Waals surface area contributed by atoms with Crippen molar-refractivity contribution in [3.8, 4) is 0 Å². The lowest BCUT2D eigenvalue weighted by Crippen LogP contribution is -2.21. The Morgan fingerprint density at radius 3 is 2.39 bits per heavy atom. The van der Waals surface area contributed by atoms with Crippen molar-refractivity contribution in [1.82, 2.24) is 0 Å². The molecule has 0 aliphatic rings. The van der Waals surface area contributed by atoms with Crippen LogP contribution in [0, 0.1) is 10.1 Å². The number of esters is 1. The topological polar surface area (TPSA) is 116 Å². The number of Topliss-reactive ketones (excluding diaryl/α,β-unsaturated/α-hetero) is 1. The molecular formula is C19H18N2O6S. The summed E-state index contributed by atoms with van der Waals surface area (Å²) in [6.07, 6.45) is 1.73. The fourth-order valence-electron chi connectivity index (χ4n) is 2.28. The predicted molar refractivity (Wildman–Crippen MR) is 104 cm³/mol. The predicted octanol–water partition coefficient (Wildman–Crippen LogP) is 3.46. The second kappa shape index (κ2) is 10.2. The van der Waals surface area contributed by atoms with Crippen molar-refractivity contribution >= 4 is 40.8 Å². The van der Waals surface area contributed by atoms with Crippen LogP contribution < -0.4 is 5.32 Å². The molecule has 0 fully saturated rings. The molecule has 2 rings (SSSR count). The largest absolute Gasteiger partial charge is 0.456 e. The Bertz CT molecular complexity index is 882. The number of rotatable bonds is 9. The van der Waals surface area contributed by atoms with Crippen molar-refractivity contribution in [1.29, 1.82) is 0 Å². The molecule has 0 radical (unpaired) electrons. The van der Waals surface area contributed by atoms with Crippen LogP contribution in [0.4, 0.5) is 11.4 Å². The minimum atomic E-state index is -0.707. The molecule has 0 aliphatic heterocycles. The Morgan fingerprint density at radius 2 is 1.75 bits per heavy atom. The SMILES string of the molecule is CSc1ccc(C(=O)CCC(=O)OCC(=O)Nc2ccccc2[N+](=O)[O-])cc1. The Hall–Kier alpha value is -3.20. The lowest BCUT2D eigenvalue weighted by molar-refractivity contribution is -0.383. The average Bonchev–Trinajstić information content (AvgIpc) is 2.70. The number of nitrogens with one attached hydrogen (secondary N) is 1. The standard InChI is InChI=1S/C19H18N2O6S/c1-28-14-8-6-13(7-9-14)17(22)10-11-19(24)27-12-18(23)20-15-4-2-3-5-16(15)21(25)26/h2-9H,10-12H2,1H3,(H,20,23). The third-order valence-electron chi connectivity index (χ3n) is 3.71. The summed E-state index contributed by atoms with van der Waals surface area (Å²) in [7, 11) is 0. The number of nitro benzene ring substituents is 1. The molecule has 0 atom stereocenters. The van der Waals surface area contributed by atoms with Crippen LogP contribution in [-0.2, 0) is 14.3 Å². The number of benzene rings is 2. The van der Waals surface area contributed by atoms with Gasteiger partial charge in [0, 0.05) is 22.9 Å². The number of amides is 1. The zero-order chi connectivity index (χ0) is 20.5. The van der Waals surface area contributed by atoms with Gasteiger partial charge < -0.3 is 10.1 Å². The Balaban J connectivity index is 1.78. The van der Waals surface area contributed by atoms with E-state index in [-0.39, 0.29) is 30.0 Å². The van der Waals surface area contributed by atoms with Gasteiger partial charge >= 0.3 is 5.97 Å². The number of nitrogens with zero attached hydrogens (tertiary/aromatic N) is 1. The van der Waals surface area contributed by atoms with E-state index >= 15 is 0 Å². The van der Waals surface area contributed by atoms with Gasteiger partial charge in [0.05, 0.1) is 11.3 Å². The molecule has 0 spiro atoms. The smallest absolute Gasteiger partial charge is 0.306 e. The maximum atomic E-state index is 12.1. The number of hydrogen-bond acceptors (Lipinski definition) is 7. The molecule has 0 saturated heterocycles. The highest BCUT2D eigenvalue weighted by Gasteiger charge is 2.16. The first-order valence-electron chi connectivity index (χ1n) is 8.27. The first kappa shape index (κ1) is 21.1. The van der Waals surface area contributed by atoms with E-state index in [9.17, 15) is 24.5 Å². The molecule has 0 saturated carbocycles. The van der Waals surface area contributed by atoms with E-state index in [4.69, 9.17) is 4.74 Å². The van der Waals surface area contributed by atoms with Crippen LogP contribution in [0.5, 0.6) is 0 Å². The number of ether oxygens (including phenoxy) is 1. The molecule has 1 N–H and O–H groups in total. The third kappa shape index (κ3) is 6.20. The summed E-state index contributed by atoms with van der Waals surface area (Å²) in [6.45, 7) is -0.596. The molecular weight excluding hydrogens is 384 g/mol. The zero-order valence-corrected chi connectivity index (χ0v) is 15.9. The second-order valence-electron chi connectivity index (χ2n) is 5.63. The van der Waals surface area contributed by atoms with Gasteiger partial charge in [0.15, 0.2) is 12.4 Å². The van der Waals surface area contributed by atoms with Crippen molar-refractivity contribution in [2.45, 2.75) is 17.7 Å². The summed E-state index contributed by atoms with van der Waals surface area (Å²) in [4.78, 5) is 47.0. The van der Waals surface area contributed by atoms with Crippen molar-refractivity contribution < 1.29 is 24.0 Å². The van der Waals surface area contributed by atoms with Crippen molar-refractivity contribution in [3.05, 3.63) is 64.2 Å². The Labute approximate surface area is 165 Å². The van der Waals surface area contributed by atoms with Gasteiger partial charge in [0.2, 0.25) is 0 Å². The first-order valence-corrected chi connectivity index (χ1v) is 9.49. The van der Waals surface area contributed by atoms with E-state index in [1.807, 2.05) is 18.4 Å². The molecule has 0 unspecified atom stereocenters. The summed E-state index contributed by atoms with van der Waals surface area (Å²) < 4.78 is 4.82. The van der Waals surface area contributed by atoms with E-state index in [0.717, 1.165) is 4.90 Å². The van der Waals surface area contributed by atoms with Crippen LogP contribution in [0.15, 0.2) is 53.4 Å². The molecule has 0 bridgehead atoms. The van der Waals surface area contributed by atoms with Gasteiger partial charge in [0.25, 0.3) is 11.6 Å². The van der Waals surface area contributed by atoms with E-state index in [0.29, 0.717) is 5.56 Å².